The number of carbonyl (C=O) groups excluding carboxylic acids is 1. The Kier molecular flexibility index (Phi) is 3.50. The summed E-state index contributed by atoms with van der Waals surface area (Å²) in [5.74, 6) is -0.283. The molecule has 0 spiro atoms. The highest BCUT2D eigenvalue weighted by Gasteiger charge is 2.12. The van der Waals surface area contributed by atoms with Gasteiger partial charge in [-0.3, -0.25) is 4.68 Å². The molecule has 0 aromatic carbocycles. The molecule has 0 fully saturated rings. The Morgan fingerprint density at radius 3 is 3.00 bits per heavy atom. The van der Waals surface area contributed by atoms with E-state index in [9.17, 15) is 4.79 Å². The highest BCUT2D eigenvalue weighted by atomic mass is 16.5. The molecule has 14 heavy (non-hydrogen) atoms. The number of nitrogens with one attached hydrogen (secondary N) is 1. The van der Waals surface area contributed by atoms with Crippen molar-refractivity contribution in [1.82, 2.24) is 9.78 Å². The topological polar surface area (TPSA) is 56.2 Å². The number of rotatable bonds is 4. The second-order valence-corrected chi connectivity index (χ2v) is 2.97. The highest BCUT2D eigenvalue weighted by Crippen LogP contribution is 2.06. The van der Waals surface area contributed by atoms with Gasteiger partial charge in [0.15, 0.2) is 0 Å². The summed E-state index contributed by atoms with van der Waals surface area (Å²) in [6.07, 6.45) is 3.53. The molecule has 0 aliphatic heterocycles. The van der Waals surface area contributed by atoms with Gasteiger partial charge in [0, 0.05) is 12.7 Å². The van der Waals surface area contributed by atoms with Gasteiger partial charge in [-0.25, -0.2) is 4.79 Å². The van der Waals surface area contributed by atoms with Gasteiger partial charge in [-0.05, 0) is 13.8 Å². The number of aromatic nitrogens is 2. The van der Waals surface area contributed by atoms with E-state index < -0.39 is 0 Å². The Balaban J connectivity index is 2.55. The number of ether oxygens (including phenoxy) is 1. The lowest BCUT2D eigenvalue weighted by Gasteiger charge is -2.10. The van der Waals surface area contributed by atoms with E-state index in [0.29, 0.717) is 0 Å². The van der Waals surface area contributed by atoms with Crippen LogP contribution in [0.1, 0.15) is 13.8 Å². The standard InChI is InChI=1S/C9H15N3O2/c1-4-12-6-8(5-10-12)11-7(2)9(13)14-3/h5-7,11H,4H2,1-3H3. The molecule has 1 heterocycles. The molecule has 0 aliphatic rings. The van der Waals surface area contributed by atoms with Crippen molar-refractivity contribution in [3.8, 4) is 0 Å². The molecule has 5 heteroatoms. The zero-order valence-electron chi connectivity index (χ0n) is 8.65. The maximum atomic E-state index is 11.1. The van der Waals surface area contributed by atoms with Gasteiger partial charge in [0.05, 0.1) is 19.0 Å². The molecular weight excluding hydrogens is 182 g/mol. The molecule has 1 unspecified atom stereocenters. The SMILES string of the molecule is CCn1cc(NC(C)C(=O)OC)cn1. The Morgan fingerprint density at radius 2 is 2.50 bits per heavy atom. The van der Waals surface area contributed by atoms with Crippen LogP contribution >= 0.6 is 0 Å². The number of anilines is 1. The van der Waals surface area contributed by atoms with Crippen LogP contribution in [-0.4, -0.2) is 28.9 Å². The molecule has 0 amide bonds. The molecule has 1 aromatic heterocycles. The normalized spacial score (nSPS) is 12.2. The van der Waals surface area contributed by atoms with E-state index in [4.69, 9.17) is 0 Å². The minimum absolute atomic E-state index is 0.283. The number of methoxy groups -OCH3 is 1. The van der Waals surface area contributed by atoms with Gasteiger partial charge in [0.2, 0.25) is 0 Å². The number of carbonyl (C=O) groups is 1. The van der Waals surface area contributed by atoms with Crippen molar-refractivity contribution in [2.75, 3.05) is 12.4 Å². The van der Waals surface area contributed by atoms with Crippen LogP contribution < -0.4 is 5.32 Å². The van der Waals surface area contributed by atoms with Crippen molar-refractivity contribution in [3.63, 3.8) is 0 Å². The van der Waals surface area contributed by atoms with Crippen molar-refractivity contribution in [1.29, 1.82) is 0 Å². The second kappa shape index (κ2) is 4.64. The third kappa shape index (κ3) is 2.48. The smallest absolute Gasteiger partial charge is 0.327 e. The van der Waals surface area contributed by atoms with Crippen LogP contribution in [-0.2, 0) is 16.1 Å². The molecule has 5 nitrogen and oxygen atoms in total. The molecule has 1 N–H and O–H groups in total. The van der Waals surface area contributed by atoms with Gasteiger partial charge in [0.1, 0.15) is 6.04 Å². The fourth-order valence-electron chi connectivity index (χ4n) is 1.10. The minimum atomic E-state index is -0.352. The van der Waals surface area contributed by atoms with E-state index in [1.54, 1.807) is 17.8 Å². The van der Waals surface area contributed by atoms with Crippen molar-refractivity contribution < 1.29 is 9.53 Å². The van der Waals surface area contributed by atoms with Gasteiger partial charge >= 0.3 is 5.97 Å². The van der Waals surface area contributed by atoms with E-state index in [-0.39, 0.29) is 12.0 Å². The molecule has 0 bridgehead atoms. The predicted molar refractivity (Wildman–Crippen MR) is 53.0 cm³/mol. The van der Waals surface area contributed by atoms with Crippen LogP contribution in [0.15, 0.2) is 12.4 Å². The van der Waals surface area contributed by atoms with Gasteiger partial charge < -0.3 is 10.1 Å². The van der Waals surface area contributed by atoms with E-state index in [1.807, 2.05) is 13.1 Å². The number of aryl methyl sites for hydroxylation is 1. The van der Waals surface area contributed by atoms with Crippen LogP contribution in [0, 0.1) is 0 Å². The minimum Gasteiger partial charge on any atom is -0.467 e. The highest BCUT2D eigenvalue weighted by molar-refractivity contribution is 5.78. The number of esters is 1. The average Bonchev–Trinajstić information content (AvgIpc) is 2.64. The summed E-state index contributed by atoms with van der Waals surface area (Å²) < 4.78 is 6.37. The number of hydrogen-bond acceptors (Lipinski definition) is 4. The van der Waals surface area contributed by atoms with Crippen LogP contribution in [0.3, 0.4) is 0 Å². The lowest BCUT2D eigenvalue weighted by Crippen LogP contribution is -2.26. The zero-order valence-corrected chi connectivity index (χ0v) is 8.65. The van der Waals surface area contributed by atoms with Gasteiger partial charge in [0.25, 0.3) is 0 Å². The Morgan fingerprint density at radius 1 is 1.79 bits per heavy atom. The molecule has 1 rings (SSSR count). The first-order chi connectivity index (χ1) is 6.67. The largest absolute Gasteiger partial charge is 0.467 e. The third-order valence-corrected chi connectivity index (χ3v) is 1.90. The predicted octanol–water partition coefficient (Wildman–Crippen LogP) is 0.876. The molecule has 78 valence electrons. The van der Waals surface area contributed by atoms with Crippen LogP contribution in [0.25, 0.3) is 0 Å². The molecule has 0 radical (unpaired) electrons. The van der Waals surface area contributed by atoms with Gasteiger partial charge in [-0.1, -0.05) is 0 Å². The Bertz CT molecular complexity index is 309. The first-order valence-corrected chi connectivity index (χ1v) is 4.54. The first-order valence-electron chi connectivity index (χ1n) is 4.54. The summed E-state index contributed by atoms with van der Waals surface area (Å²) in [6, 6.07) is -0.352. The van der Waals surface area contributed by atoms with Crippen LogP contribution in [0.5, 0.6) is 0 Å². The van der Waals surface area contributed by atoms with Crippen LogP contribution in [0.2, 0.25) is 0 Å². The fraction of sp³-hybridized carbons (Fsp3) is 0.556. The molecule has 0 saturated carbocycles. The number of nitrogens with zero attached hydrogens (tertiary/aromatic N) is 2. The van der Waals surface area contributed by atoms with Gasteiger partial charge in [-0.2, -0.15) is 5.10 Å². The zero-order chi connectivity index (χ0) is 10.6. The maximum Gasteiger partial charge on any atom is 0.327 e. The monoisotopic (exact) mass is 197 g/mol. The van der Waals surface area contributed by atoms with E-state index in [0.717, 1.165) is 12.2 Å². The lowest BCUT2D eigenvalue weighted by molar-refractivity contribution is -0.141. The summed E-state index contributed by atoms with van der Waals surface area (Å²) in [5.41, 5.74) is 0.824. The average molecular weight is 197 g/mol. The second-order valence-electron chi connectivity index (χ2n) is 2.97. The van der Waals surface area contributed by atoms with E-state index in [1.165, 1.54) is 7.11 Å². The number of hydrogen-bond donors (Lipinski definition) is 1. The van der Waals surface area contributed by atoms with Crippen molar-refractivity contribution >= 4 is 11.7 Å². The van der Waals surface area contributed by atoms with Gasteiger partial charge in [-0.15, -0.1) is 0 Å². The lowest BCUT2D eigenvalue weighted by atomic mass is 10.3. The quantitative estimate of drug-likeness (QED) is 0.728. The third-order valence-electron chi connectivity index (χ3n) is 1.90. The van der Waals surface area contributed by atoms with E-state index in [2.05, 4.69) is 15.2 Å². The maximum absolute atomic E-state index is 11.1. The molecular formula is C9H15N3O2. The Hall–Kier alpha value is -1.52. The van der Waals surface area contributed by atoms with Crippen LogP contribution in [0.4, 0.5) is 5.69 Å². The molecule has 1 aromatic rings. The summed E-state index contributed by atoms with van der Waals surface area (Å²) in [7, 11) is 1.37. The van der Waals surface area contributed by atoms with Crippen molar-refractivity contribution in [2.24, 2.45) is 0 Å². The van der Waals surface area contributed by atoms with Crippen molar-refractivity contribution in [3.05, 3.63) is 12.4 Å². The first kappa shape index (κ1) is 10.6. The van der Waals surface area contributed by atoms with E-state index >= 15 is 0 Å². The summed E-state index contributed by atoms with van der Waals surface area (Å²) >= 11 is 0. The summed E-state index contributed by atoms with van der Waals surface area (Å²) in [6.45, 7) is 4.56. The molecule has 0 aliphatic carbocycles. The fourth-order valence-corrected chi connectivity index (χ4v) is 1.10. The molecule has 0 saturated heterocycles. The summed E-state index contributed by atoms with van der Waals surface area (Å²) in [5, 5.41) is 7.06. The van der Waals surface area contributed by atoms with Crippen molar-refractivity contribution in [2.45, 2.75) is 26.4 Å². The Labute approximate surface area is 83.1 Å². The molecule has 1 atom stereocenters. The summed E-state index contributed by atoms with van der Waals surface area (Å²) in [4.78, 5) is 11.1.